The number of rotatable bonds is 11. The van der Waals surface area contributed by atoms with Crippen molar-refractivity contribution in [3.05, 3.63) is 101 Å². The standard InChI is InChI=1S/C24H27FN2O2.C2H6/c1-4-13-26-14-5-6-20(3)24(29)16-19(2)15-22(17-27-18-28)8-7-21-9-11-23(25)12-10-21;1-2/h5-14,16-18,29H,2,4,15H2,1,3H3,(H,27,28);1-2H3/b8-7-,14-5-,20-6+,22-17+,24-16-,26-13?;. The van der Waals surface area contributed by atoms with Crippen LogP contribution in [0.1, 0.15) is 46.1 Å². The Hall–Kier alpha value is -3.47. The molecule has 166 valence electrons. The number of amides is 1. The van der Waals surface area contributed by atoms with Crippen LogP contribution in [0.15, 0.2) is 95.0 Å². The van der Waals surface area contributed by atoms with Gasteiger partial charge in [0.05, 0.1) is 0 Å². The number of benzene rings is 1. The lowest BCUT2D eigenvalue weighted by atomic mass is 10.0. The number of halogens is 1. The van der Waals surface area contributed by atoms with Crippen molar-refractivity contribution < 1.29 is 14.3 Å². The molecule has 0 heterocycles. The Kier molecular flexibility index (Phi) is 15.4. The Labute approximate surface area is 185 Å². The molecule has 0 aromatic heterocycles. The first-order valence-corrected chi connectivity index (χ1v) is 10.2. The number of allylic oxidation sites excluding steroid dienone is 7. The molecule has 1 rings (SSSR count). The largest absolute Gasteiger partial charge is 0.508 e. The van der Waals surface area contributed by atoms with Crippen LogP contribution in [0.2, 0.25) is 0 Å². The number of carbonyl (C=O) groups excluding carboxylic acids is 1. The highest BCUT2D eigenvalue weighted by Gasteiger charge is 2.01. The monoisotopic (exact) mass is 424 g/mol. The number of aliphatic hydroxyl groups excluding tert-OH is 1. The van der Waals surface area contributed by atoms with Gasteiger partial charge in [0.1, 0.15) is 11.6 Å². The molecule has 0 bridgehead atoms. The average molecular weight is 425 g/mol. The average Bonchev–Trinajstić information content (AvgIpc) is 2.77. The van der Waals surface area contributed by atoms with Gasteiger partial charge >= 0.3 is 0 Å². The van der Waals surface area contributed by atoms with E-state index in [0.717, 1.165) is 17.6 Å². The summed E-state index contributed by atoms with van der Waals surface area (Å²) in [7, 11) is 0. The van der Waals surface area contributed by atoms with Crippen LogP contribution in [-0.2, 0) is 4.79 Å². The third-order valence-electron chi connectivity index (χ3n) is 3.68. The van der Waals surface area contributed by atoms with E-state index in [9.17, 15) is 14.3 Å². The zero-order chi connectivity index (χ0) is 23.5. The fourth-order valence-electron chi connectivity index (χ4n) is 2.19. The van der Waals surface area contributed by atoms with E-state index >= 15 is 0 Å². The van der Waals surface area contributed by atoms with Gasteiger partial charge in [-0.05, 0) is 66.3 Å². The predicted octanol–water partition coefficient (Wildman–Crippen LogP) is 6.82. The second-order valence-corrected chi connectivity index (χ2v) is 6.18. The second-order valence-electron chi connectivity index (χ2n) is 6.18. The van der Waals surface area contributed by atoms with Crippen molar-refractivity contribution >= 4 is 18.7 Å². The SMILES string of the molecule is C=C(/C=C(O)/C(C)=C/C=C\N=CCC)CC(/C=C\c1ccc(F)cc1)=C/NC=O.CC. The van der Waals surface area contributed by atoms with Crippen molar-refractivity contribution in [2.45, 2.75) is 40.5 Å². The van der Waals surface area contributed by atoms with Crippen LogP contribution < -0.4 is 5.32 Å². The van der Waals surface area contributed by atoms with Gasteiger partial charge in [0.15, 0.2) is 0 Å². The summed E-state index contributed by atoms with van der Waals surface area (Å²) in [4.78, 5) is 14.7. The van der Waals surface area contributed by atoms with Gasteiger partial charge in [0.2, 0.25) is 6.41 Å². The van der Waals surface area contributed by atoms with Gasteiger partial charge in [0, 0.05) is 18.6 Å². The number of carbonyl (C=O) groups is 1. The Bertz CT molecular complexity index is 858. The molecule has 0 saturated heterocycles. The zero-order valence-corrected chi connectivity index (χ0v) is 18.8. The molecule has 1 aromatic carbocycles. The first-order valence-electron chi connectivity index (χ1n) is 10.2. The summed E-state index contributed by atoms with van der Waals surface area (Å²) in [6, 6.07) is 6.07. The van der Waals surface area contributed by atoms with Crippen molar-refractivity contribution in [2.24, 2.45) is 4.99 Å². The van der Waals surface area contributed by atoms with E-state index in [1.807, 2.05) is 20.8 Å². The molecule has 5 heteroatoms. The smallest absolute Gasteiger partial charge is 0.211 e. The van der Waals surface area contributed by atoms with Crippen molar-refractivity contribution in [2.75, 3.05) is 0 Å². The highest BCUT2D eigenvalue weighted by Crippen LogP contribution is 2.17. The summed E-state index contributed by atoms with van der Waals surface area (Å²) < 4.78 is 13.0. The molecule has 0 aliphatic rings. The van der Waals surface area contributed by atoms with Crippen LogP contribution in [0, 0.1) is 5.82 Å². The fraction of sp³-hybridized carbons (Fsp3) is 0.231. The minimum Gasteiger partial charge on any atom is -0.508 e. The molecule has 0 aliphatic carbocycles. The fourth-order valence-corrected chi connectivity index (χ4v) is 2.19. The van der Waals surface area contributed by atoms with Crippen LogP contribution in [0.25, 0.3) is 6.08 Å². The molecule has 0 spiro atoms. The van der Waals surface area contributed by atoms with Gasteiger partial charge in [-0.3, -0.25) is 9.79 Å². The maximum atomic E-state index is 13.0. The molecule has 0 unspecified atom stereocenters. The second kappa shape index (κ2) is 17.4. The van der Waals surface area contributed by atoms with E-state index in [-0.39, 0.29) is 11.6 Å². The molecule has 4 nitrogen and oxygen atoms in total. The minimum absolute atomic E-state index is 0.101. The Morgan fingerprint density at radius 3 is 2.55 bits per heavy atom. The minimum atomic E-state index is -0.301. The van der Waals surface area contributed by atoms with E-state index in [0.29, 0.717) is 24.0 Å². The van der Waals surface area contributed by atoms with Crippen molar-refractivity contribution in [1.82, 2.24) is 5.32 Å². The van der Waals surface area contributed by atoms with Gasteiger partial charge in [-0.25, -0.2) is 4.39 Å². The summed E-state index contributed by atoms with van der Waals surface area (Å²) in [5.74, 6) is -0.200. The van der Waals surface area contributed by atoms with Gasteiger partial charge in [-0.1, -0.05) is 57.7 Å². The van der Waals surface area contributed by atoms with E-state index in [2.05, 4.69) is 16.9 Å². The van der Waals surface area contributed by atoms with Crippen molar-refractivity contribution in [1.29, 1.82) is 0 Å². The quantitative estimate of drug-likeness (QED) is 0.177. The number of nitrogens with zero attached hydrogens (tertiary/aromatic N) is 1. The molecule has 0 fully saturated rings. The van der Waals surface area contributed by atoms with E-state index in [1.165, 1.54) is 12.1 Å². The molecule has 0 aliphatic heterocycles. The Balaban J connectivity index is 0.00000436. The first-order chi connectivity index (χ1) is 15.0. The van der Waals surface area contributed by atoms with Gasteiger partial charge < -0.3 is 10.4 Å². The molecule has 0 saturated carbocycles. The van der Waals surface area contributed by atoms with Crippen molar-refractivity contribution in [3.63, 3.8) is 0 Å². The summed E-state index contributed by atoms with van der Waals surface area (Å²) >= 11 is 0. The molecular formula is C26H33FN2O2. The van der Waals surface area contributed by atoms with Gasteiger partial charge in [-0.15, -0.1) is 0 Å². The molecule has 0 atom stereocenters. The number of aliphatic imine (C=N–C) groups is 1. The Morgan fingerprint density at radius 1 is 1.26 bits per heavy atom. The number of hydrogen-bond donors (Lipinski definition) is 2. The topological polar surface area (TPSA) is 61.7 Å². The van der Waals surface area contributed by atoms with Crippen LogP contribution in [-0.4, -0.2) is 17.7 Å². The van der Waals surface area contributed by atoms with Crippen molar-refractivity contribution in [3.8, 4) is 0 Å². The van der Waals surface area contributed by atoms with Crippen LogP contribution in [0.5, 0.6) is 0 Å². The maximum Gasteiger partial charge on any atom is 0.211 e. The third-order valence-corrected chi connectivity index (χ3v) is 3.68. The van der Waals surface area contributed by atoms with Crippen LogP contribution in [0.3, 0.4) is 0 Å². The zero-order valence-electron chi connectivity index (χ0n) is 18.8. The normalized spacial score (nSPS) is 12.9. The summed E-state index contributed by atoms with van der Waals surface area (Å²) in [5.41, 5.74) is 2.92. The van der Waals surface area contributed by atoms with E-state index in [1.54, 1.807) is 68.1 Å². The van der Waals surface area contributed by atoms with Gasteiger partial charge in [-0.2, -0.15) is 0 Å². The number of hydrogen-bond acceptors (Lipinski definition) is 3. The highest BCUT2D eigenvalue weighted by molar-refractivity contribution is 5.57. The van der Waals surface area contributed by atoms with Gasteiger partial charge in [0.25, 0.3) is 0 Å². The number of aliphatic hydroxyl groups is 1. The molecule has 1 aromatic rings. The van der Waals surface area contributed by atoms with E-state index in [4.69, 9.17) is 0 Å². The Morgan fingerprint density at radius 2 is 1.94 bits per heavy atom. The van der Waals surface area contributed by atoms with Crippen LogP contribution in [0.4, 0.5) is 4.39 Å². The molecule has 0 radical (unpaired) electrons. The highest BCUT2D eigenvalue weighted by atomic mass is 19.1. The lowest BCUT2D eigenvalue weighted by Gasteiger charge is -2.05. The summed E-state index contributed by atoms with van der Waals surface area (Å²) in [6.45, 7) is 11.8. The van der Waals surface area contributed by atoms with E-state index < -0.39 is 0 Å². The predicted molar refractivity (Wildman–Crippen MR) is 130 cm³/mol. The molecule has 31 heavy (non-hydrogen) atoms. The number of nitrogens with one attached hydrogen (secondary N) is 1. The summed E-state index contributed by atoms with van der Waals surface area (Å²) in [5, 5.41) is 12.7. The van der Waals surface area contributed by atoms with Crippen LogP contribution >= 0.6 is 0 Å². The summed E-state index contributed by atoms with van der Waals surface area (Å²) in [6.07, 6.45) is 15.5. The molecule has 1 amide bonds. The lowest BCUT2D eigenvalue weighted by Crippen LogP contribution is -2.01. The maximum absolute atomic E-state index is 13.0. The molecule has 2 N–H and O–H groups in total. The first kappa shape index (κ1) is 27.5. The third kappa shape index (κ3) is 13.4. The molecular weight excluding hydrogens is 391 g/mol. The lowest BCUT2D eigenvalue weighted by molar-refractivity contribution is -0.108.